The van der Waals surface area contributed by atoms with Gasteiger partial charge in [-0.05, 0) is 98.7 Å². The number of nitrogens with one attached hydrogen (secondary N) is 1. The number of aromatic nitrogens is 2. The fraction of sp³-hybridized carbons (Fsp3) is 0.207. The van der Waals surface area contributed by atoms with Gasteiger partial charge in [-0.2, -0.15) is 0 Å². The molecular formula is C29H27BrN4O2S. The molecule has 5 rings (SSSR count). The normalized spacial score (nSPS) is 17.1. The summed E-state index contributed by atoms with van der Waals surface area (Å²) >= 11 is 9.53. The molecule has 2 aromatic carbocycles. The van der Waals surface area contributed by atoms with E-state index in [1.807, 2.05) is 42.6 Å². The van der Waals surface area contributed by atoms with E-state index in [1.165, 1.54) is 7.11 Å². The summed E-state index contributed by atoms with van der Waals surface area (Å²) in [5.74, 6) is -0.359. The van der Waals surface area contributed by atoms with Gasteiger partial charge in [0.1, 0.15) is 0 Å². The Hall–Kier alpha value is -3.49. The van der Waals surface area contributed by atoms with E-state index in [2.05, 4.69) is 80.7 Å². The molecule has 1 fully saturated rings. The highest BCUT2D eigenvalue weighted by atomic mass is 79.9. The van der Waals surface area contributed by atoms with Crippen molar-refractivity contribution in [2.75, 3.05) is 12.0 Å². The summed E-state index contributed by atoms with van der Waals surface area (Å²) in [4.78, 5) is 19.1. The monoisotopic (exact) mass is 574 g/mol. The molecule has 1 aliphatic rings. The Balaban J connectivity index is 1.67. The molecule has 0 aliphatic carbocycles. The van der Waals surface area contributed by atoms with Gasteiger partial charge in [-0.3, -0.25) is 4.98 Å². The molecule has 0 spiro atoms. The van der Waals surface area contributed by atoms with Gasteiger partial charge in [-0.1, -0.05) is 28.1 Å². The number of thiocarbonyl (C=S) groups is 1. The summed E-state index contributed by atoms with van der Waals surface area (Å²) in [5, 5.41) is 4.19. The number of aryl methyl sites for hydroxylation is 2. The number of ether oxygens (including phenoxy) is 1. The van der Waals surface area contributed by atoms with E-state index in [9.17, 15) is 4.79 Å². The van der Waals surface area contributed by atoms with Gasteiger partial charge >= 0.3 is 5.97 Å². The van der Waals surface area contributed by atoms with Crippen molar-refractivity contribution in [3.8, 4) is 5.69 Å². The molecule has 6 nitrogen and oxygen atoms in total. The zero-order valence-corrected chi connectivity index (χ0v) is 23.4. The molecule has 37 heavy (non-hydrogen) atoms. The second-order valence-corrected chi connectivity index (χ2v) is 10.4. The number of esters is 1. The van der Waals surface area contributed by atoms with Crippen molar-refractivity contribution in [1.82, 2.24) is 14.9 Å². The maximum absolute atomic E-state index is 12.2. The average Bonchev–Trinajstić information content (AvgIpc) is 3.40. The number of hydrogen-bond donors (Lipinski definition) is 1. The maximum Gasteiger partial charge on any atom is 0.337 e. The lowest BCUT2D eigenvalue weighted by atomic mass is 9.96. The zero-order valence-electron chi connectivity index (χ0n) is 21.0. The maximum atomic E-state index is 12.2. The van der Waals surface area contributed by atoms with E-state index in [-0.39, 0.29) is 18.1 Å². The Labute approximate surface area is 230 Å². The molecule has 0 amide bonds. The zero-order chi connectivity index (χ0) is 26.3. The van der Waals surface area contributed by atoms with E-state index in [4.69, 9.17) is 17.0 Å². The highest BCUT2D eigenvalue weighted by Gasteiger charge is 2.42. The van der Waals surface area contributed by atoms with Crippen LogP contribution in [0.5, 0.6) is 0 Å². The summed E-state index contributed by atoms with van der Waals surface area (Å²) in [7, 11) is 1.39. The average molecular weight is 576 g/mol. The first-order valence-electron chi connectivity index (χ1n) is 11.9. The lowest BCUT2D eigenvalue weighted by molar-refractivity contribution is 0.0600. The van der Waals surface area contributed by atoms with Gasteiger partial charge < -0.3 is 19.5 Å². The standard InChI is InChI=1S/C29H27BrN4O2S/c1-17-14-22(11-12-24(17)30)34-27(26(32-29(34)37)25-10-5-6-13-31-25)23-15-18(2)33(19(23)3)21-9-7-8-20(16-21)28(35)36-4/h5-16,26-27H,1-4H3,(H,32,37)/t26-,27+/m1/s1. The van der Waals surface area contributed by atoms with Crippen molar-refractivity contribution in [2.24, 2.45) is 0 Å². The van der Waals surface area contributed by atoms with Crippen LogP contribution in [0.4, 0.5) is 5.69 Å². The summed E-state index contributed by atoms with van der Waals surface area (Å²) < 4.78 is 8.16. The number of benzene rings is 2. The van der Waals surface area contributed by atoms with Gasteiger partial charge in [0.2, 0.25) is 0 Å². The minimum Gasteiger partial charge on any atom is -0.465 e. The second kappa shape index (κ2) is 10.1. The van der Waals surface area contributed by atoms with Crippen LogP contribution in [-0.2, 0) is 4.74 Å². The molecule has 1 saturated heterocycles. The van der Waals surface area contributed by atoms with Crippen molar-refractivity contribution in [2.45, 2.75) is 32.9 Å². The van der Waals surface area contributed by atoms with E-state index in [0.717, 1.165) is 44.1 Å². The van der Waals surface area contributed by atoms with Crippen molar-refractivity contribution in [3.63, 3.8) is 0 Å². The van der Waals surface area contributed by atoms with Gasteiger partial charge in [0.15, 0.2) is 5.11 Å². The van der Waals surface area contributed by atoms with Crippen LogP contribution in [-0.4, -0.2) is 27.7 Å². The van der Waals surface area contributed by atoms with Crippen LogP contribution in [0.1, 0.15) is 50.7 Å². The minimum absolute atomic E-state index is 0.133. The Morgan fingerprint density at radius 2 is 1.84 bits per heavy atom. The molecule has 8 heteroatoms. The number of anilines is 1. The number of halogens is 1. The number of hydrogen-bond acceptors (Lipinski definition) is 4. The first-order valence-corrected chi connectivity index (χ1v) is 13.1. The molecule has 4 aromatic rings. The quantitative estimate of drug-likeness (QED) is 0.216. The smallest absolute Gasteiger partial charge is 0.337 e. The molecule has 1 N–H and O–H groups in total. The molecule has 0 saturated carbocycles. The predicted octanol–water partition coefficient (Wildman–Crippen LogP) is 6.52. The fourth-order valence-electron chi connectivity index (χ4n) is 5.10. The third kappa shape index (κ3) is 4.55. The molecule has 3 heterocycles. The van der Waals surface area contributed by atoms with Crippen LogP contribution in [0.3, 0.4) is 0 Å². The number of carbonyl (C=O) groups is 1. The fourth-order valence-corrected chi connectivity index (χ4v) is 5.69. The molecule has 0 bridgehead atoms. The van der Waals surface area contributed by atoms with Crippen LogP contribution in [0.25, 0.3) is 5.69 Å². The summed E-state index contributed by atoms with van der Waals surface area (Å²) in [5.41, 5.74) is 7.72. The first kappa shape index (κ1) is 25.2. The topological polar surface area (TPSA) is 59.4 Å². The summed E-state index contributed by atoms with van der Waals surface area (Å²) in [6.45, 7) is 6.26. The lowest BCUT2D eigenvalue weighted by Gasteiger charge is -2.28. The van der Waals surface area contributed by atoms with Gasteiger partial charge in [0.05, 0.1) is 30.5 Å². The summed E-state index contributed by atoms with van der Waals surface area (Å²) in [6, 6.07) is 21.7. The van der Waals surface area contributed by atoms with Crippen LogP contribution in [0.15, 0.2) is 77.4 Å². The largest absolute Gasteiger partial charge is 0.465 e. The van der Waals surface area contributed by atoms with E-state index in [0.29, 0.717) is 10.7 Å². The molecule has 0 radical (unpaired) electrons. The Morgan fingerprint density at radius 1 is 1.03 bits per heavy atom. The van der Waals surface area contributed by atoms with E-state index >= 15 is 0 Å². The lowest BCUT2D eigenvalue weighted by Crippen LogP contribution is -2.29. The van der Waals surface area contributed by atoms with Crippen LogP contribution >= 0.6 is 28.1 Å². The van der Waals surface area contributed by atoms with Crippen molar-refractivity contribution >= 4 is 44.9 Å². The summed E-state index contributed by atoms with van der Waals surface area (Å²) in [6.07, 6.45) is 1.81. The number of carbonyl (C=O) groups excluding carboxylic acids is 1. The number of pyridine rings is 1. The Bertz CT molecular complexity index is 1500. The van der Waals surface area contributed by atoms with Crippen molar-refractivity contribution in [1.29, 1.82) is 0 Å². The first-order chi connectivity index (χ1) is 17.8. The van der Waals surface area contributed by atoms with E-state index in [1.54, 1.807) is 6.07 Å². The van der Waals surface area contributed by atoms with Crippen LogP contribution in [0, 0.1) is 20.8 Å². The van der Waals surface area contributed by atoms with Gasteiger partial charge in [0.25, 0.3) is 0 Å². The molecule has 1 aliphatic heterocycles. The molecule has 2 aromatic heterocycles. The van der Waals surface area contributed by atoms with Crippen molar-refractivity contribution in [3.05, 3.63) is 111 Å². The van der Waals surface area contributed by atoms with Crippen molar-refractivity contribution < 1.29 is 9.53 Å². The van der Waals surface area contributed by atoms with Gasteiger partial charge in [-0.25, -0.2) is 4.79 Å². The SMILES string of the molecule is COC(=O)c1cccc(-n2c(C)cc([C@H]3[C@@H](c4ccccn4)NC(=S)N3c3ccc(Br)c(C)c3)c2C)c1. The second-order valence-electron chi connectivity index (χ2n) is 9.13. The molecular weight excluding hydrogens is 548 g/mol. The Morgan fingerprint density at radius 3 is 2.54 bits per heavy atom. The highest BCUT2D eigenvalue weighted by Crippen LogP contribution is 2.44. The number of nitrogens with zero attached hydrogens (tertiary/aromatic N) is 3. The number of rotatable bonds is 5. The third-order valence-electron chi connectivity index (χ3n) is 6.83. The van der Waals surface area contributed by atoms with E-state index < -0.39 is 0 Å². The number of methoxy groups -OCH3 is 1. The van der Waals surface area contributed by atoms with Gasteiger partial charge in [0, 0.05) is 33.4 Å². The Kier molecular flexibility index (Phi) is 6.88. The van der Waals surface area contributed by atoms with Gasteiger partial charge in [-0.15, -0.1) is 0 Å². The van der Waals surface area contributed by atoms with Crippen LogP contribution in [0.2, 0.25) is 0 Å². The molecule has 188 valence electrons. The minimum atomic E-state index is -0.359. The molecule has 2 atom stereocenters. The third-order valence-corrected chi connectivity index (χ3v) is 8.04. The predicted molar refractivity (Wildman–Crippen MR) is 153 cm³/mol. The highest BCUT2D eigenvalue weighted by molar-refractivity contribution is 9.10. The molecule has 0 unspecified atom stereocenters. The van der Waals surface area contributed by atoms with Crippen LogP contribution < -0.4 is 10.2 Å².